The number of benzene rings is 1. The molecule has 1 aliphatic rings. The molecular weight excluding hydrogens is 252 g/mol. The van der Waals surface area contributed by atoms with E-state index in [4.69, 9.17) is 9.15 Å². The van der Waals surface area contributed by atoms with E-state index in [1.54, 1.807) is 7.11 Å². The van der Waals surface area contributed by atoms with Gasteiger partial charge in [-0.2, -0.15) is 0 Å². The molecule has 1 aromatic carbocycles. The van der Waals surface area contributed by atoms with Gasteiger partial charge in [-0.25, -0.2) is 0 Å². The fraction of sp³-hybridized carbons (Fsp3) is 0.500. The average molecular weight is 274 g/mol. The number of hydrogen-bond acceptors (Lipinski definition) is 4. The molecule has 0 spiro atoms. The van der Waals surface area contributed by atoms with E-state index < -0.39 is 0 Å². The normalized spacial score (nSPS) is 17.8. The molecule has 2 heterocycles. The summed E-state index contributed by atoms with van der Waals surface area (Å²) in [5.74, 6) is 1.91. The first-order valence-corrected chi connectivity index (χ1v) is 7.14. The van der Waals surface area contributed by atoms with Gasteiger partial charge >= 0.3 is 0 Å². The van der Waals surface area contributed by atoms with E-state index in [9.17, 15) is 0 Å². The summed E-state index contributed by atoms with van der Waals surface area (Å²) >= 11 is 0. The van der Waals surface area contributed by atoms with Crippen LogP contribution in [0.3, 0.4) is 0 Å². The van der Waals surface area contributed by atoms with Gasteiger partial charge in [0.05, 0.1) is 7.11 Å². The topological polar surface area (TPSA) is 28.9 Å². The van der Waals surface area contributed by atoms with Crippen LogP contribution < -0.4 is 4.74 Å². The van der Waals surface area contributed by atoms with E-state index in [2.05, 4.69) is 29.8 Å². The molecule has 4 nitrogen and oxygen atoms in total. The lowest BCUT2D eigenvalue weighted by atomic mass is 10.1. The Balaban J connectivity index is 1.88. The van der Waals surface area contributed by atoms with Crippen molar-refractivity contribution in [2.24, 2.45) is 0 Å². The first-order valence-electron chi connectivity index (χ1n) is 7.14. The molecule has 0 radical (unpaired) electrons. The number of fused-ring (bicyclic) bond motifs is 1. The van der Waals surface area contributed by atoms with Crippen molar-refractivity contribution in [3.05, 3.63) is 29.5 Å². The summed E-state index contributed by atoms with van der Waals surface area (Å²) in [6.45, 7) is 7.52. The summed E-state index contributed by atoms with van der Waals surface area (Å²) in [6, 6.07) is 6.02. The maximum atomic E-state index is 5.87. The zero-order valence-electron chi connectivity index (χ0n) is 12.5. The summed E-state index contributed by atoms with van der Waals surface area (Å²) in [6.07, 6.45) is 0. The number of ether oxygens (including phenoxy) is 1. The van der Waals surface area contributed by atoms with Gasteiger partial charge in [-0.3, -0.25) is 4.90 Å². The van der Waals surface area contributed by atoms with Gasteiger partial charge in [-0.1, -0.05) is 0 Å². The first kappa shape index (κ1) is 13.5. The van der Waals surface area contributed by atoms with E-state index in [-0.39, 0.29) is 0 Å². The quantitative estimate of drug-likeness (QED) is 0.860. The van der Waals surface area contributed by atoms with E-state index in [0.29, 0.717) is 0 Å². The summed E-state index contributed by atoms with van der Waals surface area (Å²) in [5, 5.41) is 1.18. The highest BCUT2D eigenvalue weighted by molar-refractivity contribution is 5.83. The molecular formula is C16H22N2O2. The molecule has 1 saturated heterocycles. The van der Waals surface area contributed by atoms with Gasteiger partial charge < -0.3 is 14.1 Å². The molecule has 1 aromatic heterocycles. The number of piperazine rings is 1. The number of rotatable bonds is 3. The molecule has 0 unspecified atom stereocenters. The zero-order valence-corrected chi connectivity index (χ0v) is 12.5. The summed E-state index contributed by atoms with van der Waals surface area (Å²) in [5.41, 5.74) is 2.25. The number of likely N-dealkylation sites (N-methyl/N-ethyl adjacent to an activating group) is 1. The Morgan fingerprint density at radius 1 is 1.20 bits per heavy atom. The van der Waals surface area contributed by atoms with Crippen LogP contribution in [0.25, 0.3) is 11.0 Å². The molecule has 3 rings (SSSR count). The van der Waals surface area contributed by atoms with Crippen LogP contribution in [0.4, 0.5) is 0 Å². The molecule has 0 atom stereocenters. The Kier molecular flexibility index (Phi) is 3.68. The maximum absolute atomic E-state index is 5.87. The van der Waals surface area contributed by atoms with Crippen LogP contribution in [0, 0.1) is 6.92 Å². The number of aryl methyl sites for hydroxylation is 1. The van der Waals surface area contributed by atoms with E-state index >= 15 is 0 Å². The lowest BCUT2D eigenvalue weighted by molar-refractivity contribution is 0.148. The molecule has 0 bridgehead atoms. The van der Waals surface area contributed by atoms with Gasteiger partial charge in [0.1, 0.15) is 17.1 Å². The monoisotopic (exact) mass is 274 g/mol. The number of furan rings is 1. The van der Waals surface area contributed by atoms with Crippen LogP contribution in [0.5, 0.6) is 5.75 Å². The standard InChI is InChI=1S/C16H22N2O2/c1-12-15(11-18-8-6-17(2)7-9-18)14-10-13(19-3)4-5-16(14)20-12/h4-5,10H,6-9,11H2,1-3H3. The van der Waals surface area contributed by atoms with Gasteiger partial charge in [0.15, 0.2) is 0 Å². The Morgan fingerprint density at radius 2 is 1.95 bits per heavy atom. The average Bonchev–Trinajstić information content (AvgIpc) is 2.77. The van der Waals surface area contributed by atoms with Crippen molar-refractivity contribution in [3.63, 3.8) is 0 Å². The molecule has 0 N–H and O–H groups in total. The van der Waals surface area contributed by atoms with Crippen LogP contribution in [0.1, 0.15) is 11.3 Å². The van der Waals surface area contributed by atoms with Crippen LogP contribution in [0.15, 0.2) is 22.6 Å². The van der Waals surface area contributed by atoms with Crippen LogP contribution in [-0.2, 0) is 6.54 Å². The Bertz CT molecular complexity index is 598. The minimum Gasteiger partial charge on any atom is -0.497 e. The predicted octanol–water partition coefficient (Wildman–Crippen LogP) is 2.50. The van der Waals surface area contributed by atoms with Crippen molar-refractivity contribution in [2.75, 3.05) is 40.3 Å². The molecule has 20 heavy (non-hydrogen) atoms. The first-order chi connectivity index (χ1) is 9.67. The third-order valence-electron chi connectivity index (χ3n) is 4.18. The second kappa shape index (κ2) is 5.46. The second-order valence-electron chi connectivity index (χ2n) is 5.58. The molecule has 1 fully saturated rings. The summed E-state index contributed by atoms with van der Waals surface area (Å²) in [7, 11) is 3.88. The maximum Gasteiger partial charge on any atom is 0.134 e. The van der Waals surface area contributed by atoms with Gasteiger partial charge in [-0.15, -0.1) is 0 Å². The van der Waals surface area contributed by atoms with Crippen LogP contribution >= 0.6 is 0 Å². The van der Waals surface area contributed by atoms with Crippen molar-refractivity contribution in [2.45, 2.75) is 13.5 Å². The number of methoxy groups -OCH3 is 1. The molecule has 108 valence electrons. The minimum absolute atomic E-state index is 0.887. The largest absolute Gasteiger partial charge is 0.497 e. The minimum atomic E-state index is 0.887. The van der Waals surface area contributed by atoms with Crippen LogP contribution in [-0.4, -0.2) is 50.1 Å². The zero-order chi connectivity index (χ0) is 14.1. The Labute approximate surface area is 119 Å². The fourth-order valence-electron chi connectivity index (χ4n) is 2.80. The highest BCUT2D eigenvalue weighted by Gasteiger charge is 2.18. The van der Waals surface area contributed by atoms with Crippen molar-refractivity contribution < 1.29 is 9.15 Å². The van der Waals surface area contributed by atoms with Crippen molar-refractivity contribution >= 4 is 11.0 Å². The molecule has 2 aromatic rings. The predicted molar refractivity (Wildman–Crippen MR) is 80.3 cm³/mol. The van der Waals surface area contributed by atoms with Gasteiger partial charge in [0.2, 0.25) is 0 Å². The van der Waals surface area contributed by atoms with Crippen molar-refractivity contribution in [1.82, 2.24) is 9.80 Å². The molecule has 1 aliphatic heterocycles. The fourth-order valence-corrected chi connectivity index (χ4v) is 2.80. The highest BCUT2D eigenvalue weighted by Crippen LogP contribution is 2.30. The van der Waals surface area contributed by atoms with E-state index in [0.717, 1.165) is 49.8 Å². The molecule has 0 saturated carbocycles. The smallest absolute Gasteiger partial charge is 0.134 e. The lowest BCUT2D eigenvalue weighted by Gasteiger charge is -2.32. The van der Waals surface area contributed by atoms with Crippen LogP contribution in [0.2, 0.25) is 0 Å². The van der Waals surface area contributed by atoms with Gasteiger partial charge in [-0.05, 0) is 32.2 Å². The number of nitrogens with zero attached hydrogens (tertiary/aromatic N) is 2. The SMILES string of the molecule is COc1ccc2oc(C)c(CN3CCN(C)CC3)c2c1. The number of hydrogen-bond donors (Lipinski definition) is 0. The van der Waals surface area contributed by atoms with Gasteiger partial charge in [0, 0.05) is 43.7 Å². The van der Waals surface area contributed by atoms with E-state index in [1.807, 2.05) is 12.1 Å². The summed E-state index contributed by atoms with van der Waals surface area (Å²) in [4.78, 5) is 4.87. The third-order valence-corrected chi connectivity index (χ3v) is 4.18. The molecule has 4 heteroatoms. The third kappa shape index (κ3) is 2.53. The lowest BCUT2D eigenvalue weighted by Crippen LogP contribution is -2.43. The molecule has 0 amide bonds. The van der Waals surface area contributed by atoms with Gasteiger partial charge in [0.25, 0.3) is 0 Å². The highest BCUT2D eigenvalue weighted by atomic mass is 16.5. The van der Waals surface area contributed by atoms with Crippen molar-refractivity contribution in [1.29, 1.82) is 0 Å². The Hall–Kier alpha value is -1.52. The Morgan fingerprint density at radius 3 is 2.65 bits per heavy atom. The summed E-state index contributed by atoms with van der Waals surface area (Å²) < 4.78 is 11.2. The second-order valence-corrected chi connectivity index (χ2v) is 5.58. The van der Waals surface area contributed by atoms with E-state index in [1.165, 1.54) is 10.9 Å². The molecule has 0 aliphatic carbocycles. The van der Waals surface area contributed by atoms with Crippen molar-refractivity contribution in [3.8, 4) is 5.75 Å².